The molecule has 0 aliphatic carbocycles. The van der Waals surface area contributed by atoms with Crippen molar-refractivity contribution in [1.82, 2.24) is 9.97 Å². The predicted octanol–water partition coefficient (Wildman–Crippen LogP) is 7.63. The Morgan fingerprint density at radius 1 is 0.811 bits per heavy atom. The molecule has 198 valence electrons. The molecule has 37 heavy (non-hydrogen) atoms. The van der Waals surface area contributed by atoms with E-state index in [0.717, 1.165) is 24.3 Å². The molecule has 0 radical (unpaired) electrons. The largest absolute Gasteiger partial charge is 0.461 e. The van der Waals surface area contributed by atoms with Crippen LogP contribution in [0.4, 0.5) is 52.6 Å². The van der Waals surface area contributed by atoms with Gasteiger partial charge in [-0.2, -0.15) is 50.2 Å². The standard InChI is InChI=1S/C21H14ClF8N5O2/c22-15-9-16(32-12-3-7-14(8-4-12)37-21(29,30)18(25)26)34-19(33-15)35-31-10-11-1-5-13(6-2-11)36-20(27,28)17(23)24/h1-9,17-18H,10H2,(H,32,33,34). The molecule has 2 aromatic carbocycles. The van der Waals surface area contributed by atoms with Crippen LogP contribution in [0.15, 0.2) is 64.8 Å². The second kappa shape index (κ2) is 11.5. The molecule has 0 saturated carbocycles. The molecule has 3 aromatic rings. The van der Waals surface area contributed by atoms with Crippen LogP contribution < -0.4 is 14.8 Å². The first-order valence-electron chi connectivity index (χ1n) is 9.92. The van der Waals surface area contributed by atoms with E-state index in [4.69, 9.17) is 11.6 Å². The summed E-state index contributed by atoms with van der Waals surface area (Å²) in [7, 11) is 0. The maximum Gasteiger partial charge on any atom is 0.461 e. The summed E-state index contributed by atoms with van der Waals surface area (Å²) >= 11 is 5.94. The predicted molar refractivity (Wildman–Crippen MR) is 115 cm³/mol. The zero-order valence-electron chi connectivity index (χ0n) is 18.1. The van der Waals surface area contributed by atoms with E-state index in [9.17, 15) is 35.1 Å². The van der Waals surface area contributed by atoms with E-state index in [0.29, 0.717) is 11.3 Å². The second-order valence-corrected chi connectivity index (χ2v) is 7.39. The molecule has 7 nitrogen and oxygen atoms in total. The third-order valence-electron chi connectivity index (χ3n) is 4.16. The molecule has 0 unspecified atom stereocenters. The monoisotopic (exact) mass is 555 g/mol. The Balaban J connectivity index is 1.61. The smallest absolute Gasteiger partial charge is 0.428 e. The van der Waals surface area contributed by atoms with E-state index in [1.807, 2.05) is 0 Å². The second-order valence-electron chi connectivity index (χ2n) is 7.00. The number of anilines is 2. The van der Waals surface area contributed by atoms with Crippen LogP contribution in [0.2, 0.25) is 5.15 Å². The van der Waals surface area contributed by atoms with Crippen LogP contribution >= 0.6 is 11.6 Å². The summed E-state index contributed by atoms with van der Waals surface area (Å²) < 4.78 is 109. The van der Waals surface area contributed by atoms with Gasteiger partial charge < -0.3 is 14.8 Å². The topological polar surface area (TPSA) is 81.0 Å². The van der Waals surface area contributed by atoms with Gasteiger partial charge in [0.25, 0.3) is 5.95 Å². The molecule has 0 amide bonds. The highest BCUT2D eigenvalue weighted by atomic mass is 35.5. The third kappa shape index (κ3) is 8.13. The quantitative estimate of drug-likeness (QED) is 0.149. The van der Waals surface area contributed by atoms with E-state index in [-0.39, 0.29) is 23.5 Å². The SMILES string of the molecule is FC(F)C(F)(F)Oc1ccc(CN=Nc2nc(Cl)cc(Nc3ccc(OC(F)(F)C(F)F)cc3)n2)cc1. The van der Waals surface area contributed by atoms with Gasteiger partial charge in [0.1, 0.15) is 22.5 Å². The summed E-state index contributed by atoms with van der Waals surface area (Å²) in [6.07, 6.45) is -17.3. The van der Waals surface area contributed by atoms with Crippen LogP contribution in [0.1, 0.15) is 5.56 Å². The molecule has 0 saturated heterocycles. The summed E-state index contributed by atoms with van der Waals surface area (Å²) in [6, 6.07) is 10.6. The lowest BCUT2D eigenvalue weighted by atomic mass is 10.2. The van der Waals surface area contributed by atoms with Gasteiger partial charge in [-0.05, 0) is 42.0 Å². The number of azo groups is 1. The number of hydrogen-bond acceptors (Lipinski definition) is 7. The lowest BCUT2D eigenvalue weighted by Crippen LogP contribution is -2.33. The molecule has 0 aliphatic heterocycles. The molecule has 16 heteroatoms. The van der Waals surface area contributed by atoms with Gasteiger partial charge >= 0.3 is 25.1 Å². The first kappa shape index (κ1) is 27.8. The Morgan fingerprint density at radius 3 is 1.84 bits per heavy atom. The number of halogens is 9. The van der Waals surface area contributed by atoms with E-state index in [2.05, 4.69) is 35.0 Å². The van der Waals surface area contributed by atoms with Gasteiger partial charge in [0.05, 0.1) is 6.54 Å². The molecular weight excluding hydrogens is 542 g/mol. The van der Waals surface area contributed by atoms with Crippen LogP contribution in [-0.2, 0) is 6.54 Å². The van der Waals surface area contributed by atoms with Crippen molar-refractivity contribution in [3.8, 4) is 11.5 Å². The highest BCUT2D eigenvalue weighted by Gasteiger charge is 2.44. The maximum absolute atomic E-state index is 13.0. The maximum atomic E-state index is 13.0. The number of aromatic nitrogens is 2. The molecule has 0 spiro atoms. The minimum Gasteiger partial charge on any atom is -0.428 e. The van der Waals surface area contributed by atoms with Crippen molar-refractivity contribution in [2.75, 3.05) is 5.32 Å². The van der Waals surface area contributed by atoms with Crippen molar-refractivity contribution in [1.29, 1.82) is 0 Å². The van der Waals surface area contributed by atoms with Crippen molar-refractivity contribution < 1.29 is 44.6 Å². The molecule has 0 bridgehead atoms. The van der Waals surface area contributed by atoms with Gasteiger partial charge in [0, 0.05) is 11.8 Å². The number of hydrogen-bond donors (Lipinski definition) is 1. The third-order valence-corrected chi connectivity index (χ3v) is 4.36. The van der Waals surface area contributed by atoms with Gasteiger partial charge in [-0.3, -0.25) is 0 Å². The molecule has 0 atom stereocenters. The van der Waals surface area contributed by atoms with E-state index >= 15 is 0 Å². The fourth-order valence-electron chi connectivity index (χ4n) is 2.52. The van der Waals surface area contributed by atoms with E-state index < -0.39 is 36.6 Å². The summed E-state index contributed by atoms with van der Waals surface area (Å²) in [5.74, 6) is -1.01. The lowest BCUT2D eigenvalue weighted by molar-refractivity contribution is -0.253. The van der Waals surface area contributed by atoms with Crippen molar-refractivity contribution >= 4 is 29.1 Å². The number of benzene rings is 2. The summed E-state index contributed by atoms with van der Waals surface area (Å²) in [6.45, 7) is -0.0606. The Bertz CT molecular complexity index is 1210. The van der Waals surface area contributed by atoms with Gasteiger partial charge in [-0.25, -0.2) is 0 Å². The number of ether oxygens (including phenoxy) is 2. The Labute approximate surface area is 208 Å². The average Bonchev–Trinajstić information content (AvgIpc) is 2.80. The van der Waals surface area contributed by atoms with Gasteiger partial charge in [0.15, 0.2) is 0 Å². The minimum atomic E-state index is -4.64. The van der Waals surface area contributed by atoms with Crippen molar-refractivity contribution in [2.45, 2.75) is 31.6 Å². The number of rotatable bonds is 11. The van der Waals surface area contributed by atoms with Gasteiger partial charge in [-0.15, -0.1) is 5.11 Å². The van der Waals surface area contributed by atoms with Crippen LogP contribution in [-0.4, -0.2) is 35.0 Å². The van der Waals surface area contributed by atoms with Crippen molar-refractivity contribution in [3.63, 3.8) is 0 Å². The molecule has 0 aliphatic rings. The van der Waals surface area contributed by atoms with Crippen molar-refractivity contribution in [3.05, 3.63) is 65.3 Å². The Hall–Kier alpha value is -3.75. The first-order valence-corrected chi connectivity index (χ1v) is 10.3. The van der Waals surface area contributed by atoms with Crippen LogP contribution in [0, 0.1) is 0 Å². The van der Waals surface area contributed by atoms with Gasteiger partial charge in [0.2, 0.25) is 0 Å². The average molecular weight is 556 g/mol. The molecule has 1 N–H and O–H groups in total. The van der Waals surface area contributed by atoms with E-state index in [1.165, 1.54) is 30.3 Å². The number of nitrogens with zero attached hydrogens (tertiary/aromatic N) is 4. The summed E-state index contributed by atoms with van der Waals surface area (Å²) in [4.78, 5) is 7.90. The summed E-state index contributed by atoms with van der Waals surface area (Å²) in [5, 5.41) is 10.4. The van der Waals surface area contributed by atoms with E-state index in [1.54, 1.807) is 0 Å². The Kier molecular flexibility index (Phi) is 8.68. The van der Waals surface area contributed by atoms with Crippen LogP contribution in [0.5, 0.6) is 11.5 Å². The molecule has 3 rings (SSSR count). The fraction of sp³-hybridized carbons (Fsp3) is 0.238. The number of nitrogens with one attached hydrogen (secondary N) is 1. The zero-order chi connectivity index (χ0) is 27.2. The van der Waals surface area contributed by atoms with Crippen molar-refractivity contribution in [2.24, 2.45) is 10.2 Å². The first-order chi connectivity index (χ1) is 17.3. The van der Waals surface area contributed by atoms with Crippen LogP contribution in [0.25, 0.3) is 0 Å². The molecule has 0 fully saturated rings. The Morgan fingerprint density at radius 2 is 1.32 bits per heavy atom. The fourth-order valence-corrected chi connectivity index (χ4v) is 2.69. The molecule has 1 aromatic heterocycles. The highest BCUT2D eigenvalue weighted by Crippen LogP contribution is 2.30. The zero-order valence-corrected chi connectivity index (χ0v) is 18.8. The summed E-state index contributed by atoms with van der Waals surface area (Å²) in [5.41, 5.74) is 0.779. The molecule has 1 heterocycles. The highest BCUT2D eigenvalue weighted by molar-refractivity contribution is 6.29. The normalized spacial score (nSPS) is 12.4. The van der Waals surface area contributed by atoms with Crippen LogP contribution in [0.3, 0.4) is 0 Å². The molecular formula is C21H14ClF8N5O2. The van der Waals surface area contributed by atoms with Gasteiger partial charge in [-0.1, -0.05) is 23.7 Å². The number of alkyl halides is 8. The lowest BCUT2D eigenvalue weighted by Gasteiger charge is -2.17. The minimum absolute atomic E-state index is 0.0376.